The van der Waals surface area contributed by atoms with Gasteiger partial charge in [-0.15, -0.1) is 0 Å². The van der Waals surface area contributed by atoms with Gasteiger partial charge < -0.3 is 19.7 Å². The van der Waals surface area contributed by atoms with E-state index in [4.69, 9.17) is 28.8 Å². The number of aryl methyl sites for hydroxylation is 2. The first kappa shape index (κ1) is 27.8. The van der Waals surface area contributed by atoms with Crippen molar-refractivity contribution in [1.29, 1.82) is 0 Å². The fraction of sp³-hybridized carbons (Fsp3) is 0.353. The molecule has 2 saturated heterocycles. The molecule has 41 heavy (non-hydrogen) atoms. The maximum Gasteiger partial charge on any atom is 0.174 e. The van der Waals surface area contributed by atoms with Crippen LogP contribution in [0, 0.1) is 19.8 Å². The number of hydrogen-bond acceptors (Lipinski definition) is 3. The van der Waals surface area contributed by atoms with Crippen LogP contribution in [0.3, 0.4) is 0 Å². The Bertz CT molecular complexity index is 1540. The zero-order chi connectivity index (χ0) is 28.7. The first-order valence-corrected chi connectivity index (χ1v) is 15.5. The van der Waals surface area contributed by atoms with Crippen molar-refractivity contribution in [2.24, 2.45) is 5.92 Å². The minimum Gasteiger partial charge on any atom is -0.370 e. The molecular formula is C34H38ClN5S. The van der Waals surface area contributed by atoms with E-state index in [0.29, 0.717) is 5.11 Å². The smallest absolute Gasteiger partial charge is 0.174 e. The van der Waals surface area contributed by atoms with Crippen LogP contribution in [0.15, 0.2) is 72.9 Å². The van der Waals surface area contributed by atoms with Gasteiger partial charge in [0.1, 0.15) is 0 Å². The summed E-state index contributed by atoms with van der Waals surface area (Å²) < 4.78 is 2.34. The number of nitrogens with one attached hydrogen (secondary N) is 1. The van der Waals surface area contributed by atoms with Crippen molar-refractivity contribution in [2.75, 3.05) is 22.9 Å². The molecule has 7 heteroatoms. The molecule has 2 aromatic heterocycles. The van der Waals surface area contributed by atoms with Crippen molar-refractivity contribution in [2.45, 2.75) is 59.0 Å². The molecule has 0 saturated carbocycles. The molecule has 0 aliphatic carbocycles. The Hall–Kier alpha value is -3.35. The van der Waals surface area contributed by atoms with Crippen LogP contribution in [-0.4, -0.2) is 27.8 Å². The van der Waals surface area contributed by atoms with Crippen molar-refractivity contribution in [3.63, 3.8) is 0 Å². The Balaban J connectivity index is 1.42. The standard InChI is InChI=1S/C34H38ClN5S/c1-5-25-9-11-26(12-10-25)39-23(3)20-28(24(39)4)33-32(30-8-6-7-17-36-30)37-34(41)40(33)27-13-14-31(29(35)21-27)38-18-15-22(2)16-19-38/h6-14,17,20-22,32-33H,5,15-16,18-19H2,1-4H3,(H,37,41)/t32-,33-/m0/s1. The highest BCUT2D eigenvalue weighted by Crippen LogP contribution is 2.45. The minimum absolute atomic E-state index is 0.0926. The van der Waals surface area contributed by atoms with Crippen LogP contribution in [0.1, 0.15) is 67.0 Å². The molecule has 0 amide bonds. The van der Waals surface area contributed by atoms with Gasteiger partial charge in [-0.2, -0.15) is 0 Å². The van der Waals surface area contributed by atoms with E-state index in [9.17, 15) is 0 Å². The number of thiocarbonyl (C=S) groups is 1. The van der Waals surface area contributed by atoms with Gasteiger partial charge in [0, 0.05) is 42.0 Å². The van der Waals surface area contributed by atoms with Gasteiger partial charge in [0.2, 0.25) is 0 Å². The number of halogens is 1. The van der Waals surface area contributed by atoms with E-state index >= 15 is 0 Å². The summed E-state index contributed by atoms with van der Waals surface area (Å²) in [7, 11) is 0. The van der Waals surface area contributed by atoms with Gasteiger partial charge >= 0.3 is 0 Å². The highest BCUT2D eigenvalue weighted by atomic mass is 35.5. The largest absolute Gasteiger partial charge is 0.370 e. The summed E-state index contributed by atoms with van der Waals surface area (Å²) in [4.78, 5) is 9.39. The molecular weight excluding hydrogens is 546 g/mol. The van der Waals surface area contributed by atoms with Gasteiger partial charge in [0.15, 0.2) is 5.11 Å². The molecule has 2 atom stereocenters. The van der Waals surface area contributed by atoms with Crippen LogP contribution < -0.4 is 15.1 Å². The third-order valence-electron chi connectivity index (χ3n) is 8.82. The number of nitrogens with zero attached hydrogens (tertiary/aromatic N) is 4. The zero-order valence-electron chi connectivity index (χ0n) is 24.3. The van der Waals surface area contributed by atoms with Crippen LogP contribution >= 0.6 is 23.8 Å². The van der Waals surface area contributed by atoms with Gasteiger partial charge in [-0.25, -0.2) is 0 Å². The number of rotatable bonds is 6. The topological polar surface area (TPSA) is 36.3 Å². The van der Waals surface area contributed by atoms with E-state index in [0.717, 1.165) is 47.5 Å². The molecule has 0 unspecified atom stereocenters. The average Bonchev–Trinajstić information content (AvgIpc) is 3.48. The molecule has 2 fully saturated rings. The second-order valence-electron chi connectivity index (χ2n) is 11.5. The third kappa shape index (κ3) is 5.24. The lowest BCUT2D eigenvalue weighted by molar-refractivity contribution is 0.438. The monoisotopic (exact) mass is 583 g/mol. The van der Waals surface area contributed by atoms with Crippen molar-refractivity contribution < 1.29 is 0 Å². The van der Waals surface area contributed by atoms with Crippen LogP contribution in [0.4, 0.5) is 11.4 Å². The number of anilines is 2. The summed E-state index contributed by atoms with van der Waals surface area (Å²) >= 11 is 13.0. The summed E-state index contributed by atoms with van der Waals surface area (Å²) in [5, 5.41) is 5.06. The first-order chi connectivity index (χ1) is 19.9. The maximum atomic E-state index is 6.99. The second-order valence-corrected chi connectivity index (χ2v) is 12.3. The molecule has 2 aliphatic heterocycles. The minimum atomic E-state index is -0.109. The Morgan fingerprint density at radius 1 is 0.976 bits per heavy atom. The Kier molecular flexibility index (Phi) is 7.80. The summed E-state index contributed by atoms with van der Waals surface area (Å²) in [5.74, 6) is 0.769. The van der Waals surface area contributed by atoms with Crippen LogP contribution in [0.5, 0.6) is 0 Å². The van der Waals surface area contributed by atoms with Crippen molar-refractivity contribution in [1.82, 2.24) is 14.9 Å². The highest BCUT2D eigenvalue weighted by molar-refractivity contribution is 7.80. The van der Waals surface area contributed by atoms with Crippen molar-refractivity contribution in [3.05, 3.63) is 106 Å². The molecule has 6 rings (SSSR count). The lowest BCUT2D eigenvalue weighted by Crippen LogP contribution is -2.33. The number of hydrogen-bond donors (Lipinski definition) is 1. The Morgan fingerprint density at radius 2 is 1.71 bits per heavy atom. The molecule has 0 radical (unpaired) electrons. The summed E-state index contributed by atoms with van der Waals surface area (Å²) in [6.07, 6.45) is 5.27. The van der Waals surface area contributed by atoms with Crippen molar-refractivity contribution in [3.8, 4) is 5.69 Å². The summed E-state index contributed by atoms with van der Waals surface area (Å²) in [5.41, 5.74) is 9.16. The van der Waals surface area contributed by atoms with E-state index in [1.54, 1.807) is 0 Å². The fourth-order valence-electron chi connectivity index (χ4n) is 6.47. The van der Waals surface area contributed by atoms with Gasteiger partial charge in [-0.3, -0.25) is 4.98 Å². The Morgan fingerprint density at radius 3 is 2.37 bits per heavy atom. The van der Waals surface area contributed by atoms with Crippen LogP contribution in [-0.2, 0) is 6.42 Å². The predicted octanol–water partition coefficient (Wildman–Crippen LogP) is 8.12. The second kappa shape index (κ2) is 11.5. The molecule has 5 nitrogen and oxygen atoms in total. The SMILES string of the molecule is CCc1ccc(-n2c(C)cc([C@H]3[C@H](c4ccccn4)NC(=S)N3c3ccc(N4CCC(C)CC4)c(Cl)c3)c2C)cc1. The lowest BCUT2D eigenvalue weighted by atomic mass is 9.96. The number of pyridine rings is 1. The van der Waals surface area contributed by atoms with E-state index in [2.05, 4.69) is 102 Å². The van der Waals surface area contributed by atoms with E-state index < -0.39 is 0 Å². The molecule has 1 N–H and O–H groups in total. The lowest BCUT2D eigenvalue weighted by Gasteiger charge is -2.33. The van der Waals surface area contributed by atoms with Gasteiger partial charge in [0.25, 0.3) is 0 Å². The Labute approximate surface area is 254 Å². The van der Waals surface area contributed by atoms with E-state index in [-0.39, 0.29) is 12.1 Å². The number of benzene rings is 2. The predicted molar refractivity (Wildman–Crippen MR) is 175 cm³/mol. The zero-order valence-corrected chi connectivity index (χ0v) is 25.8. The number of aromatic nitrogens is 2. The highest BCUT2D eigenvalue weighted by Gasteiger charge is 2.42. The molecule has 2 aromatic carbocycles. The van der Waals surface area contributed by atoms with Crippen LogP contribution in [0.25, 0.3) is 5.69 Å². The van der Waals surface area contributed by atoms with Crippen LogP contribution in [0.2, 0.25) is 5.02 Å². The molecule has 4 aromatic rings. The molecule has 2 aliphatic rings. The summed E-state index contributed by atoms with van der Waals surface area (Å²) in [6, 6.07) is 23.5. The number of piperidine rings is 1. The first-order valence-electron chi connectivity index (χ1n) is 14.7. The van der Waals surface area contributed by atoms with Crippen molar-refractivity contribution >= 4 is 40.3 Å². The van der Waals surface area contributed by atoms with Gasteiger partial charge in [0.05, 0.1) is 28.5 Å². The van der Waals surface area contributed by atoms with Gasteiger partial charge in [-0.1, -0.05) is 43.6 Å². The normalized spacial score (nSPS) is 19.6. The van der Waals surface area contributed by atoms with E-state index in [1.807, 2.05) is 18.3 Å². The molecule has 0 bridgehead atoms. The fourth-order valence-corrected chi connectivity index (χ4v) is 7.11. The van der Waals surface area contributed by atoms with Gasteiger partial charge in [-0.05, 0) is 111 Å². The molecule has 0 spiro atoms. The summed E-state index contributed by atoms with van der Waals surface area (Å²) in [6.45, 7) is 11.0. The molecule has 212 valence electrons. The van der Waals surface area contributed by atoms with E-state index in [1.165, 1.54) is 41.0 Å². The maximum absolute atomic E-state index is 6.99. The third-order valence-corrected chi connectivity index (χ3v) is 9.44. The average molecular weight is 584 g/mol. The quantitative estimate of drug-likeness (QED) is 0.232. The molecule has 4 heterocycles.